The highest BCUT2D eigenvalue weighted by Crippen LogP contribution is 2.26. The van der Waals surface area contributed by atoms with Crippen LogP contribution in [-0.4, -0.2) is 18.9 Å². The second-order valence-electron chi connectivity index (χ2n) is 4.69. The van der Waals surface area contributed by atoms with Gasteiger partial charge in [-0.2, -0.15) is 0 Å². The van der Waals surface area contributed by atoms with Gasteiger partial charge in [-0.25, -0.2) is 0 Å². The molecular formula is C16H17BrClNOS. The zero-order chi connectivity index (χ0) is 15.2. The van der Waals surface area contributed by atoms with Gasteiger partial charge in [0.15, 0.2) is 0 Å². The van der Waals surface area contributed by atoms with Crippen molar-refractivity contribution in [3.63, 3.8) is 0 Å². The van der Waals surface area contributed by atoms with Gasteiger partial charge >= 0.3 is 0 Å². The Balaban J connectivity index is 1.94. The molecule has 2 N–H and O–H groups in total. The number of halogens is 2. The fourth-order valence-electron chi connectivity index (χ4n) is 1.94. The summed E-state index contributed by atoms with van der Waals surface area (Å²) >= 11 is 11.3. The maximum absolute atomic E-state index is 6.24. The molecule has 2 aromatic carbocycles. The van der Waals surface area contributed by atoms with Crippen molar-refractivity contribution >= 4 is 39.3 Å². The average Bonchev–Trinajstić information content (AvgIpc) is 2.47. The lowest BCUT2D eigenvalue weighted by Crippen LogP contribution is -2.25. The standard InChI is InChI=1S/C16H17BrClNOS/c1-20-14-5-6-16(17)11(8-14)7-13(19)10-21-15-4-2-3-12(18)9-15/h2-6,8-9,13H,7,10,19H2,1H3. The van der Waals surface area contributed by atoms with Crippen molar-refractivity contribution in [3.05, 3.63) is 57.5 Å². The Bertz CT molecular complexity index is 609. The molecule has 21 heavy (non-hydrogen) atoms. The number of nitrogens with two attached hydrogens (primary N) is 1. The van der Waals surface area contributed by atoms with Crippen molar-refractivity contribution in [1.29, 1.82) is 0 Å². The van der Waals surface area contributed by atoms with Gasteiger partial charge in [0, 0.05) is 26.2 Å². The molecule has 112 valence electrons. The number of benzene rings is 2. The van der Waals surface area contributed by atoms with E-state index in [1.807, 2.05) is 42.5 Å². The molecule has 1 unspecified atom stereocenters. The van der Waals surface area contributed by atoms with Crippen molar-refractivity contribution in [2.45, 2.75) is 17.4 Å². The molecule has 0 radical (unpaired) electrons. The van der Waals surface area contributed by atoms with Crippen LogP contribution >= 0.6 is 39.3 Å². The molecule has 2 rings (SSSR count). The molecule has 0 bridgehead atoms. The summed E-state index contributed by atoms with van der Waals surface area (Å²) in [5, 5.41) is 0.754. The Labute approximate surface area is 143 Å². The monoisotopic (exact) mass is 385 g/mol. The van der Waals surface area contributed by atoms with Crippen LogP contribution in [0.2, 0.25) is 5.02 Å². The topological polar surface area (TPSA) is 35.2 Å². The first-order valence-corrected chi connectivity index (χ1v) is 8.70. The summed E-state index contributed by atoms with van der Waals surface area (Å²) in [7, 11) is 1.67. The van der Waals surface area contributed by atoms with Gasteiger partial charge in [0.05, 0.1) is 7.11 Å². The molecule has 2 nitrogen and oxygen atoms in total. The maximum Gasteiger partial charge on any atom is 0.119 e. The number of methoxy groups -OCH3 is 1. The third kappa shape index (κ3) is 5.22. The normalized spacial score (nSPS) is 12.2. The van der Waals surface area contributed by atoms with Crippen LogP contribution in [0.25, 0.3) is 0 Å². The van der Waals surface area contributed by atoms with Crippen LogP contribution < -0.4 is 10.5 Å². The molecule has 0 aliphatic rings. The fourth-order valence-corrected chi connectivity index (χ4v) is 3.51. The minimum absolute atomic E-state index is 0.0670. The van der Waals surface area contributed by atoms with Gasteiger partial charge in [-0.1, -0.05) is 33.6 Å². The summed E-state index contributed by atoms with van der Waals surface area (Å²) in [6.45, 7) is 0. The molecule has 0 aliphatic carbocycles. The summed E-state index contributed by atoms with van der Waals surface area (Å²) in [6.07, 6.45) is 0.797. The first kappa shape index (κ1) is 16.7. The zero-order valence-corrected chi connectivity index (χ0v) is 14.8. The maximum atomic E-state index is 6.24. The molecule has 0 aromatic heterocycles. The minimum Gasteiger partial charge on any atom is -0.497 e. The van der Waals surface area contributed by atoms with E-state index in [2.05, 4.69) is 15.9 Å². The van der Waals surface area contributed by atoms with Crippen molar-refractivity contribution in [1.82, 2.24) is 0 Å². The van der Waals surface area contributed by atoms with Crippen LogP contribution in [0.15, 0.2) is 51.8 Å². The number of hydrogen-bond donors (Lipinski definition) is 1. The predicted octanol–water partition coefficient (Wildman–Crippen LogP) is 4.77. The second-order valence-corrected chi connectivity index (χ2v) is 7.07. The molecule has 0 spiro atoms. The third-order valence-corrected chi connectivity index (χ3v) is 5.19. The van der Waals surface area contributed by atoms with Gasteiger partial charge in [0.1, 0.15) is 5.75 Å². The summed E-state index contributed by atoms with van der Waals surface area (Å²) in [5.41, 5.74) is 7.40. The van der Waals surface area contributed by atoms with Crippen LogP contribution in [-0.2, 0) is 6.42 Å². The number of rotatable bonds is 6. The lowest BCUT2D eigenvalue weighted by molar-refractivity contribution is 0.414. The number of thioether (sulfide) groups is 1. The zero-order valence-electron chi connectivity index (χ0n) is 11.7. The van der Waals surface area contributed by atoms with E-state index in [0.29, 0.717) is 0 Å². The van der Waals surface area contributed by atoms with E-state index < -0.39 is 0 Å². The first-order chi connectivity index (χ1) is 10.1. The van der Waals surface area contributed by atoms with Gasteiger partial charge < -0.3 is 10.5 Å². The highest BCUT2D eigenvalue weighted by Gasteiger charge is 2.09. The van der Waals surface area contributed by atoms with E-state index in [1.165, 1.54) is 0 Å². The van der Waals surface area contributed by atoms with Crippen LogP contribution in [0.4, 0.5) is 0 Å². The van der Waals surface area contributed by atoms with Crippen molar-refractivity contribution in [3.8, 4) is 5.75 Å². The molecule has 5 heteroatoms. The number of hydrogen-bond acceptors (Lipinski definition) is 3. The molecular weight excluding hydrogens is 370 g/mol. The molecule has 0 saturated heterocycles. The van der Waals surface area contributed by atoms with E-state index in [0.717, 1.165) is 37.9 Å². The molecule has 0 amide bonds. The average molecular weight is 387 g/mol. The molecule has 0 fully saturated rings. The van der Waals surface area contributed by atoms with Gasteiger partial charge in [-0.15, -0.1) is 11.8 Å². The summed E-state index contributed by atoms with van der Waals surface area (Å²) in [5.74, 6) is 1.69. The smallest absolute Gasteiger partial charge is 0.119 e. The largest absolute Gasteiger partial charge is 0.497 e. The molecule has 0 saturated carbocycles. The van der Waals surface area contributed by atoms with E-state index in [-0.39, 0.29) is 6.04 Å². The predicted molar refractivity (Wildman–Crippen MR) is 94.5 cm³/mol. The van der Waals surface area contributed by atoms with Gasteiger partial charge in [-0.3, -0.25) is 0 Å². The summed E-state index contributed by atoms with van der Waals surface area (Å²) < 4.78 is 6.31. The number of ether oxygens (including phenoxy) is 1. The van der Waals surface area contributed by atoms with Gasteiger partial charge in [0.2, 0.25) is 0 Å². The molecule has 2 aromatic rings. The van der Waals surface area contributed by atoms with E-state index >= 15 is 0 Å². The van der Waals surface area contributed by atoms with Crippen molar-refractivity contribution < 1.29 is 4.74 Å². The lowest BCUT2D eigenvalue weighted by atomic mass is 10.1. The summed E-state index contributed by atoms with van der Waals surface area (Å²) in [4.78, 5) is 1.14. The Kier molecular flexibility index (Phi) is 6.42. The van der Waals surface area contributed by atoms with Crippen molar-refractivity contribution in [2.24, 2.45) is 5.73 Å². The Hall–Kier alpha value is -0.680. The van der Waals surface area contributed by atoms with Crippen molar-refractivity contribution in [2.75, 3.05) is 12.9 Å². The molecule has 0 heterocycles. The lowest BCUT2D eigenvalue weighted by Gasteiger charge is -2.13. The Morgan fingerprint density at radius 3 is 2.81 bits per heavy atom. The Morgan fingerprint density at radius 1 is 1.29 bits per heavy atom. The fraction of sp³-hybridized carbons (Fsp3) is 0.250. The minimum atomic E-state index is 0.0670. The van der Waals surface area contributed by atoms with E-state index in [9.17, 15) is 0 Å². The van der Waals surface area contributed by atoms with E-state index in [4.69, 9.17) is 22.1 Å². The van der Waals surface area contributed by atoms with Crippen LogP contribution in [0.5, 0.6) is 5.75 Å². The van der Waals surface area contributed by atoms with Crippen LogP contribution in [0, 0.1) is 0 Å². The highest BCUT2D eigenvalue weighted by atomic mass is 79.9. The van der Waals surface area contributed by atoms with Gasteiger partial charge in [0.25, 0.3) is 0 Å². The first-order valence-electron chi connectivity index (χ1n) is 6.55. The molecule has 1 atom stereocenters. The van der Waals surface area contributed by atoms with Crippen LogP contribution in [0.3, 0.4) is 0 Å². The van der Waals surface area contributed by atoms with Crippen LogP contribution in [0.1, 0.15) is 5.56 Å². The molecule has 0 aliphatic heterocycles. The summed E-state index contributed by atoms with van der Waals surface area (Å²) in [6, 6.07) is 13.8. The highest BCUT2D eigenvalue weighted by molar-refractivity contribution is 9.10. The third-order valence-electron chi connectivity index (χ3n) is 3.00. The van der Waals surface area contributed by atoms with Gasteiger partial charge in [-0.05, 0) is 48.4 Å². The van der Waals surface area contributed by atoms with E-state index in [1.54, 1.807) is 18.9 Å². The quantitative estimate of drug-likeness (QED) is 0.726. The second kappa shape index (κ2) is 8.08. The SMILES string of the molecule is COc1ccc(Br)c(CC(N)CSc2cccc(Cl)c2)c1. The Morgan fingerprint density at radius 2 is 2.10 bits per heavy atom.